The lowest BCUT2D eigenvalue weighted by Gasteiger charge is -2.22. The highest BCUT2D eigenvalue weighted by atomic mass is 19.1. The second-order valence-electron chi connectivity index (χ2n) is 4.87. The van der Waals surface area contributed by atoms with Crippen LogP contribution in [0.2, 0.25) is 0 Å². The predicted molar refractivity (Wildman–Crippen MR) is 79.5 cm³/mol. The van der Waals surface area contributed by atoms with Crippen LogP contribution in [-0.2, 0) is 6.54 Å². The van der Waals surface area contributed by atoms with Crippen LogP contribution >= 0.6 is 0 Å². The fraction of sp³-hybridized carbons (Fsp3) is 0.200. The highest BCUT2D eigenvalue weighted by Gasteiger charge is 2.17. The van der Waals surface area contributed by atoms with Crippen LogP contribution < -0.4 is 10.4 Å². The maximum absolute atomic E-state index is 13.4. The largest absolute Gasteiger partial charge is 0.491 e. The number of anilines is 1. The number of hydrogen-bond acceptors (Lipinski definition) is 3. The monoisotopic (exact) mass is 273 g/mol. The lowest BCUT2D eigenvalue weighted by molar-refractivity contribution is 0.423. The van der Waals surface area contributed by atoms with Gasteiger partial charge in [0.25, 0.3) is 0 Å². The van der Waals surface area contributed by atoms with Gasteiger partial charge >= 0.3 is 7.12 Å². The second kappa shape index (κ2) is 6.07. The first-order chi connectivity index (χ1) is 9.49. The van der Waals surface area contributed by atoms with Crippen LogP contribution in [-0.4, -0.2) is 24.2 Å². The van der Waals surface area contributed by atoms with Gasteiger partial charge in [0, 0.05) is 24.7 Å². The first-order valence-corrected chi connectivity index (χ1v) is 6.40. The van der Waals surface area contributed by atoms with Crippen molar-refractivity contribution in [2.24, 2.45) is 0 Å². The average Bonchev–Trinajstić information content (AvgIpc) is 2.41. The molecule has 0 aliphatic heterocycles. The Morgan fingerprint density at radius 1 is 1.15 bits per heavy atom. The van der Waals surface area contributed by atoms with Gasteiger partial charge in [0.05, 0.1) is 0 Å². The maximum Gasteiger partial charge on any atom is 0.491 e. The summed E-state index contributed by atoms with van der Waals surface area (Å²) in [4.78, 5) is 2.04. The summed E-state index contributed by atoms with van der Waals surface area (Å²) in [5.41, 5.74) is 2.96. The van der Waals surface area contributed by atoms with Crippen molar-refractivity contribution in [1.82, 2.24) is 0 Å². The van der Waals surface area contributed by atoms with Crippen LogP contribution in [0.25, 0.3) is 0 Å². The van der Waals surface area contributed by atoms with Gasteiger partial charge in [-0.05, 0) is 30.2 Å². The van der Waals surface area contributed by atoms with E-state index in [-0.39, 0.29) is 5.46 Å². The summed E-state index contributed by atoms with van der Waals surface area (Å²) < 4.78 is 13.4. The van der Waals surface area contributed by atoms with Crippen molar-refractivity contribution >= 4 is 18.3 Å². The van der Waals surface area contributed by atoms with Gasteiger partial charge in [0.2, 0.25) is 0 Å². The molecule has 3 nitrogen and oxygen atoms in total. The zero-order valence-corrected chi connectivity index (χ0v) is 11.5. The third-order valence-corrected chi connectivity index (χ3v) is 3.29. The molecule has 5 heteroatoms. The minimum absolute atomic E-state index is 0.0966. The third kappa shape index (κ3) is 3.18. The predicted octanol–water partition coefficient (Wildman–Crippen LogP) is 1.45. The minimum Gasteiger partial charge on any atom is -0.423 e. The van der Waals surface area contributed by atoms with E-state index >= 15 is 0 Å². The Bertz CT molecular complexity index is 604. The number of para-hydroxylation sites is 1. The molecule has 0 aliphatic carbocycles. The molecule has 2 rings (SSSR count). The fourth-order valence-electron chi connectivity index (χ4n) is 2.24. The van der Waals surface area contributed by atoms with Crippen LogP contribution in [0.1, 0.15) is 11.1 Å². The normalized spacial score (nSPS) is 10.4. The minimum atomic E-state index is -1.79. The van der Waals surface area contributed by atoms with Crippen molar-refractivity contribution in [3.63, 3.8) is 0 Å². The Labute approximate surface area is 118 Å². The summed E-state index contributed by atoms with van der Waals surface area (Å²) in [6, 6.07) is 12.4. The number of aryl methyl sites for hydroxylation is 1. The fourth-order valence-corrected chi connectivity index (χ4v) is 2.24. The van der Waals surface area contributed by atoms with Gasteiger partial charge in [-0.2, -0.15) is 0 Å². The average molecular weight is 273 g/mol. The Morgan fingerprint density at radius 2 is 1.85 bits per heavy atom. The van der Waals surface area contributed by atoms with Gasteiger partial charge in [-0.15, -0.1) is 0 Å². The van der Waals surface area contributed by atoms with E-state index in [2.05, 4.69) is 0 Å². The molecule has 0 aliphatic rings. The van der Waals surface area contributed by atoms with Crippen LogP contribution in [0.15, 0.2) is 42.5 Å². The lowest BCUT2D eigenvalue weighted by Crippen LogP contribution is -2.33. The molecule has 0 aromatic heterocycles. The first kappa shape index (κ1) is 14.6. The molecule has 0 saturated heterocycles. The van der Waals surface area contributed by atoms with Crippen LogP contribution in [0, 0.1) is 12.7 Å². The van der Waals surface area contributed by atoms with Gasteiger partial charge in [0.1, 0.15) is 5.82 Å². The van der Waals surface area contributed by atoms with E-state index < -0.39 is 12.9 Å². The summed E-state index contributed by atoms with van der Waals surface area (Å²) in [5, 5.41) is 18.3. The third-order valence-electron chi connectivity index (χ3n) is 3.29. The molecule has 0 fully saturated rings. The maximum atomic E-state index is 13.4. The molecular weight excluding hydrogens is 256 g/mol. The van der Waals surface area contributed by atoms with Crippen molar-refractivity contribution in [3.8, 4) is 0 Å². The molecule has 0 bridgehead atoms. The van der Waals surface area contributed by atoms with E-state index in [1.54, 1.807) is 6.07 Å². The summed E-state index contributed by atoms with van der Waals surface area (Å²) >= 11 is 0. The van der Waals surface area contributed by atoms with Gasteiger partial charge in [0.15, 0.2) is 0 Å². The van der Waals surface area contributed by atoms with Crippen molar-refractivity contribution in [1.29, 1.82) is 0 Å². The van der Waals surface area contributed by atoms with Crippen molar-refractivity contribution in [3.05, 3.63) is 59.4 Å². The SMILES string of the molecule is Cc1ccccc1N(C)Cc1ccc(F)c(B(O)O)c1. The Kier molecular flexibility index (Phi) is 4.42. The zero-order valence-electron chi connectivity index (χ0n) is 11.5. The summed E-state index contributed by atoms with van der Waals surface area (Å²) in [6.45, 7) is 2.59. The summed E-state index contributed by atoms with van der Waals surface area (Å²) in [7, 11) is 0.152. The molecule has 2 N–H and O–H groups in total. The molecule has 2 aromatic rings. The summed E-state index contributed by atoms with van der Waals surface area (Å²) in [6.07, 6.45) is 0. The highest BCUT2D eigenvalue weighted by Crippen LogP contribution is 2.19. The lowest BCUT2D eigenvalue weighted by atomic mass is 9.79. The Balaban J connectivity index is 2.22. The molecule has 0 saturated carbocycles. The number of nitrogens with zero attached hydrogens (tertiary/aromatic N) is 1. The van der Waals surface area contributed by atoms with Crippen molar-refractivity contribution in [2.75, 3.05) is 11.9 Å². The van der Waals surface area contributed by atoms with Crippen LogP contribution in [0.3, 0.4) is 0 Å². The Hall–Kier alpha value is -1.85. The number of halogens is 1. The van der Waals surface area contributed by atoms with Crippen LogP contribution in [0.5, 0.6) is 0 Å². The van der Waals surface area contributed by atoms with E-state index in [0.29, 0.717) is 6.54 Å². The molecule has 2 aromatic carbocycles. The standard InChI is InChI=1S/C15H17BFNO2/c1-11-5-3-4-6-15(11)18(2)10-12-7-8-14(17)13(9-12)16(19)20/h3-9,19-20H,10H2,1-2H3. The topological polar surface area (TPSA) is 43.7 Å². The molecule has 0 unspecified atom stereocenters. The van der Waals surface area contributed by atoms with Crippen molar-refractivity contribution in [2.45, 2.75) is 13.5 Å². The molecule has 0 atom stereocenters. The number of benzene rings is 2. The molecule has 0 spiro atoms. The smallest absolute Gasteiger partial charge is 0.423 e. The second-order valence-corrected chi connectivity index (χ2v) is 4.87. The zero-order chi connectivity index (χ0) is 14.7. The van der Waals surface area contributed by atoms with Gasteiger partial charge in [-0.1, -0.05) is 30.3 Å². The molecule has 0 amide bonds. The highest BCUT2D eigenvalue weighted by molar-refractivity contribution is 6.58. The molecule has 0 radical (unpaired) electrons. The van der Waals surface area contributed by atoms with Gasteiger partial charge in [-0.25, -0.2) is 4.39 Å². The molecule has 20 heavy (non-hydrogen) atoms. The quantitative estimate of drug-likeness (QED) is 0.829. The Morgan fingerprint density at radius 3 is 2.50 bits per heavy atom. The first-order valence-electron chi connectivity index (χ1n) is 6.40. The van der Waals surface area contributed by atoms with E-state index in [9.17, 15) is 4.39 Å². The molecule has 104 valence electrons. The van der Waals surface area contributed by atoms with E-state index in [1.165, 1.54) is 12.1 Å². The number of hydrogen-bond donors (Lipinski definition) is 2. The van der Waals surface area contributed by atoms with Gasteiger partial charge < -0.3 is 14.9 Å². The van der Waals surface area contributed by atoms with Crippen molar-refractivity contribution < 1.29 is 14.4 Å². The van der Waals surface area contributed by atoms with E-state index in [0.717, 1.165) is 16.8 Å². The van der Waals surface area contributed by atoms with E-state index in [1.807, 2.05) is 43.1 Å². The van der Waals surface area contributed by atoms with Crippen LogP contribution in [0.4, 0.5) is 10.1 Å². The molecule has 0 heterocycles. The van der Waals surface area contributed by atoms with Gasteiger partial charge in [-0.3, -0.25) is 0 Å². The van der Waals surface area contributed by atoms with E-state index in [4.69, 9.17) is 10.0 Å². The molecular formula is C15H17BFNO2. The number of rotatable bonds is 4. The summed E-state index contributed by atoms with van der Waals surface area (Å²) in [5.74, 6) is -0.609.